The molecule has 2 aromatic rings. The Labute approximate surface area is 103 Å². The van der Waals surface area contributed by atoms with E-state index in [4.69, 9.17) is 4.74 Å². The van der Waals surface area contributed by atoms with Gasteiger partial charge in [0, 0.05) is 6.07 Å². The first-order chi connectivity index (χ1) is 8.66. The fourth-order valence-corrected chi connectivity index (χ4v) is 1.47. The van der Waals surface area contributed by atoms with Crippen LogP contribution in [0.1, 0.15) is 5.56 Å². The third kappa shape index (κ3) is 2.82. The van der Waals surface area contributed by atoms with Gasteiger partial charge in [0.2, 0.25) is 0 Å². The SMILES string of the molecule is O=[N+]([O-])c1ccccc1OCc1ccc(F)cc1. The number of nitro benzene ring substituents is 1. The third-order valence-corrected chi connectivity index (χ3v) is 2.37. The second-order valence-electron chi connectivity index (χ2n) is 3.64. The molecule has 2 rings (SSSR count). The molecular formula is C13H10FNO3. The van der Waals surface area contributed by atoms with Crippen LogP contribution in [0.5, 0.6) is 5.75 Å². The van der Waals surface area contributed by atoms with Gasteiger partial charge in [0.1, 0.15) is 12.4 Å². The average Bonchev–Trinajstić information content (AvgIpc) is 2.38. The van der Waals surface area contributed by atoms with Crippen LogP contribution in [0, 0.1) is 15.9 Å². The lowest BCUT2D eigenvalue weighted by Gasteiger charge is -2.06. The molecule has 0 unspecified atom stereocenters. The van der Waals surface area contributed by atoms with Gasteiger partial charge in [-0.3, -0.25) is 10.1 Å². The fraction of sp³-hybridized carbons (Fsp3) is 0.0769. The summed E-state index contributed by atoms with van der Waals surface area (Å²) in [5.74, 6) is -0.128. The van der Waals surface area contributed by atoms with Crippen molar-refractivity contribution >= 4 is 5.69 Å². The molecule has 0 aliphatic heterocycles. The van der Waals surface area contributed by atoms with E-state index >= 15 is 0 Å². The van der Waals surface area contributed by atoms with Crippen LogP contribution in [0.3, 0.4) is 0 Å². The molecule has 0 heterocycles. The smallest absolute Gasteiger partial charge is 0.310 e. The molecule has 0 aliphatic rings. The highest BCUT2D eigenvalue weighted by Crippen LogP contribution is 2.26. The Morgan fingerprint density at radius 1 is 1.11 bits per heavy atom. The first-order valence-corrected chi connectivity index (χ1v) is 5.27. The molecule has 0 aliphatic carbocycles. The Bertz CT molecular complexity index is 554. The lowest BCUT2D eigenvalue weighted by atomic mass is 10.2. The van der Waals surface area contributed by atoms with Gasteiger partial charge in [0.05, 0.1) is 4.92 Å². The van der Waals surface area contributed by atoms with Gasteiger partial charge in [0.25, 0.3) is 0 Å². The third-order valence-electron chi connectivity index (χ3n) is 2.37. The lowest BCUT2D eigenvalue weighted by molar-refractivity contribution is -0.385. The number of nitrogens with zero attached hydrogens (tertiary/aromatic N) is 1. The molecule has 92 valence electrons. The van der Waals surface area contributed by atoms with Crippen molar-refractivity contribution in [2.45, 2.75) is 6.61 Å². The Kier molecular flexibility index (Phi) is 3.52. The van der Waals surface area contributed by atoms with Crippen LogP contribution in [-0.4, -0.2) is 4.92 Å². The fourth-order valence-electron chi connectivity index (χ4n) is 1.47. The summed E-state index contributed by atoms with van der Waals surface area (Å²) in [6.07, 6.45) is 0. The molecular weight excluding hydrogens is 237 g/mol. The van der Waals surface area contributed by atoms with Crippen LogP contribution in [0.4, 0.5) is 10.1 Å². The van der Waals surface area contributed by atoms with Crippen LogP contribution < -0.4 is 4.74 Å². The van der Waals surface area contributed by atoms with Crippen molar-refractivity contribution in [3.05, 3.63) is 70.0 Å². The molecule has 0 fully saturated rings. The van der Waals surface area contributed by atoms with E-state index in [1.54, 1.807) is 24.3 Å². The monoisotopic (exact) mass is 247 g/mol. The zero-order valence-electron chi connectivity index (χ0n) is 9.38. The molecule has 5 heteroatoms. The molecule has 4 nitrogen and oxygen atoms in total. The molecule has 0 atom stereocenters. The standard InChI is InChI=1S/C13H10FNO3/c14-11-7-5-10(6-8-11)9-18-13-4-2-1-3-12(13)15(16)17/h1-8H,9H2. The van der Waals surface area contributed by atoms with E-state index in [1.807, 2.05) is 0 Å². The number of nitro groups is 1. The zero-order chi connectivity index (χ0) is 13.0. The highest BCUT2D eigenvalue weighted by Gasteiger charge is 2.13. The van der Waals surface area contributed by atoms with Crippen LogP contribution in [-0.2, 0) is 6.61 Å². The number of halogens is 1. The summed E-state index contributed by atoms with van der Waals surface area (Å²) in [7, 11) is 0. The summed E-state index contributed by atoms with van der Waals surface area (Å²) >= 11 is 0. The maximum Gasteiger partial charge on any atom is 0.310 e. The van der Waals surface area contributed by atoms with Crippen molar-refractivity contribution < 1.29 is 14.1 Å². The summed E-state index contributed by atoms with van der Waals surface area (Å²) in [6, 6.07) is 11.9. The van der Waals surface area contributed by atoms with Crippen molar-refractivity contribution in [3.63, 3.8) is 0 Å². The van der Waals surface area contributed by atoms with Gasteiger partial charge in [-0.1, -0.05) is 24.3 Å². The Morgan fingerprint density at radius 3 is 2.44 bits per heavy atom. The van der Waals surface area contributed by atoms with E-state index in [0.717, 1.165) is 5.56 Å². The molecule has 2 aromatic carbocycles. The average molecular weight is 247 g/mol. The van der Waals surface area contributed by atoms with Gasteiger partial charge in [-0.15, -0.1) is 0 Å². The second-order valence-corrected chi connectivity index (χ2v) is 3.64. The lowest BCUT2D eigenvalue weighted by Crippen LogP contribution is -1.98. The molecule has 0 aromatic heterocycles. The first kappa shape index (κ1) is 12.0. The van der Waals surface area contributed by atoms with Gasteiger partial charge >= 0.3 is 5.69 Å². The molecule has 0 amide bonds. The molecule has 0 saturated heterocycles. The molecule has 0 N–H and O–H groups in total. The number of hydrogen-bond donors (Lipinski definition) is 0. The van der Waals surface area contributed by atoms with Crippen molar-refractivity contribution in [2.24, 2.45) is 0 Å². The van der Waals surface area contributed by atoms with Gasteiger partial charge in [0.15, 0.2) is 5.75 Å². The largest absolute Gasteiger partial charge is 0.482 e. The van der Waals surface area contributed by atoms with Gasteiger partial charge < -0.3 is 4.74 Å². The van der Waals surface area contributed by atoms with Crippen LogP contribution in [0.25, 0.3) is 0 Å². The molecule has 0 bridgehead atoms. The van der Waals surface area contributed by atoms with E-state index in [0.29, 0.717) is 0 Å². The normalized spacial score (nSPS) is 10.1. The van der Waals surface area contributed by atoms with Crippen LogP contribution in [0.15, 0.2) is 48.5 Å². The summed E-state index contributed by atoms with van der Waals surface area (Å²) in [5.41, 5.74) is 0.661. The number of ether oxygens (including phenoxy) is 1. The summed E-state index contributed by atoms with van der Waals surface area (Å²) in [5, 5.41) is 10.8. The Hall–Kier alpha value is -2.43. The molecule has 0 radical (unpaired) electrons. The number of benzene rings is 2. The van der Waals surface area contributed by atoms with E-state index in [2.05, 4.69) is 0 Å². The predicted molar refractivity (Wildman–Crippen MR) is 63.8 cm³/mol. The second kappa shape index (κ2) is 5.27. The summed E-state index contributed by atoms with van der Waals surface area (Å²) in [6.45, 7) is 0.158. The van der Waals surface area contributed by atoms with Crippen LogP contribution >= 0.6 is 0 Å². The van der Waals surface area contributed by atoms with E-state index in [-0.39, 0.29) is 23.9 Å². The Morgan fingerprint density at radius 2 is 1.78 bits per heavy atom. The Balaban J connectivity index is 2.10. The van der Waals surface area contributed by atoms with E-state index in [1.165, 1.54) is 24.3 Å². The maximum absolute atomic E-state index is 12.7. The zero-order valence-corrected chi connectivity index (χ0v) is 9.38. The van der Waals surface area contributed by atoms with Crippen molar-refractivity contribution in [1.82, 2.24) is 0 Å². The topological polar surface area (TPSA) is 52.4 Å². The number of hydrogen-bond acceptors (Lipinski definition) is 3. The molecule has 18 heavy (non-hydrogen) atoms. The minimum Gasteiger partial charge on any atom is -0.482 e. The molecule has 0 spiro atoms. The highest BCUT2D eigenvalue weighted by atomic mass is 19.1. The molecule has 0 saturated carbocycles. The van der Waals surface area contributed by atoms with E-state index in [9.17, 15) is 14.5 Å². The quantitative estimate of drug-likeness (QED) is 0.615. The van der Waals surface area contributed by atoms with Crippen molar-refractivity contribution in [2.75, 3.05) is 0 Å². The first-order valence-electron chi connectivity index (χ1n) is 5.27. The maximum atomic E-state index is 12.7. The van der Waals surface area contributed by atoms with Gasteiger partial charge in [-0.25, -0.2) is 4.39 Å². The summed E-state index contributed by atoms with van der Waals surface area (Å²) < 4.78 is 18.0. The van der Waals surface area contributed by atoms with Crippen molar-refractivity contribution in [1.29, 1.82) is 0 Å². The van der Waals surface area contributed by atoms with Gasteiger partial charge in [-0.2, -0.15) is 0 Å². The summed E-state index contributed by atoms with van der Waals surface area (Å²) in [4.78, 5) is 10.3. The van der Waals surface area contributed by atoms with Gasteiger partial charge in [-0.05, 0) is 23.8 Å². The highest BCUT2D eigenvalue weighted by molar-refractivity contribution is 5.45. The van der Waals surface area contributed by atoms with Crippen molar-refractivity contribution in [3.8, 4) is 5.75 Å². The predicted octanol–water partition coefficient (Wildman–Crippen LogP) is 3.31. The number of rotatable bonds is 4. The number of para-hydroxylation sites is 2. The van der Waals surface area contributed by atoms with Crippen LogP contribution in [0.2, 0.25) is 0 Å². The van der Waals surface area contributed by atoms with E-state index < -0.39 is 4.92 Å². The minimum atomic E-state index is -0.500. The minimum absolute atomic E-state index is 0.0837.